The Morgan fingerprint density at radius 2 is 2.22 bits per heavy atom. The fraction of sp³-hybridized carbons (Fsp3) is 0.786. The Labute approximate surface area is 109 Å². The van der Waals surface area contributed by atoms with Crippen LogP contribution in [0.5, 0.6) is 0 Å². The van der Waals surface area contributed by atoms with Crippen LogP contribution in [0.25, 0.3) is 0 Å². The van der Waals surface area contributed by atoms with Crippen molar-refractivity contribution in [2.45, 2.75) is 59.2 Å². The van der Waals surface area contributed by atoms with E-state index in [2.05, 4.69) is 31.2 Å². The molecule has 1 aliphatic carbocycles. The summed E-state index contributed by atoms with van der Waals surface area (Å²) in [6.07, 6.45) is 3.64. The van der Waals surface area contributed by atoms with Gasteiger partial charge in [-0.15, -0.1) is 0 Å². The summed E-state index contributed by atoms with van der Waals surface area (Å²) in [6.45, 7) is 8.73. The van der Waals surface area contributed by atoms with Crippen LogP contribution in [-0.4, -0.2) is 17.8 Å². The molecule has 4 heteroatoms. The number of rotatable bonds is 7. The van der Waals surface area contributed by atoms with Gasteiger partial charge in [0.05, 0.1) is 5.69 Å². The van der Waals surface area contributed by atoms with Gasteiger partial charge in [0, 0.05) is 25.3 Å². The fourth-order valence-electron chi connectivity index (χ4n) is 1.59. The summed E-state index contributed by atoms with van der Waals surface area (Å²) in [5.41, 5.74) is 1.29. The van der Waals surface area contributed by atoms with E-state index in [4.69, 9.17) is 9.26 Å². The Balaban J connectivity index is 1.63. The minimum Gasteiger partial charge on any atom is -0.373 e. The van der Waals surface area contributed by atoms with Gasteiger partial charge in [-0.05, 0) is 24.7 Å². The van der Waals surface area contributed by atoms with E-state index < -0.39 is 0 Å². The molecule has 18 heavy (non-hydrogen) atoms. The molecule has 0 spiro atoms. The Hall–Kier alpha value is -0.870. The minimum absolute atomic E-state index is 0.320. The van der Waals surface area contributed by atoms with Crippen molar-refractivity contribution in [2.75, 3.05) is 6.61 Å². The largest absolute Gasteiger partial charge is 0.373 e. The Kier molecular flexibility index (Phi) is 4.40. The van der Waals surface area contributed by atoms with Gasteiger partial charge < -0.3 is 14.6 Å². The van der Waals surface area contributed by atoms with Crippen molar-refractivity contribution in [1.82, 2.24) is 10.5 Å². The molecule has 1 aromatic heterocycles. The molecule has 2 rings (SSSR count). The first-order valence-electron chi connectivity index (χ1n) is 6.78. The summed E-state index contributed by atoms with van der Waals surface area (Å²) in [4.78, 5) is 0. The van der Waals surface area contributed by atoms with Crippen LogP contribution < -0.4 is 5.32 Å². The van der Waals surface area contributed by atoms with Crippen LogP contribution in [0.15, 0.2) is 10.6 Å². The predicted octanol–water partition coefficient (Wildman–Crippen LogP) is 2.88. The van der Waals surface area contributed by atoms with Crippen LogP contribution in [0.3, 0.4) is 0 Å². The molecule has 1 saturated carbocycles. The average molecular weight is 252 g/mol. The van der Waals surface area contributed by atoms with Gasteiger partial charge >= 0.3 is 0 Å². The third kappa shape index (κ3) is 5.19. The molecule has 0 aromatic carbocycles. The summed E-state index contributed by atoms with van der Waals surface area (Å²) >= 11 is 0. The molecule has 1 aliphatic rings. The SMILES string of the molecule is CC(C)(C)CCOCc1cc(CNC2CC2)no1. The lowest BCUT2D eigenvalue weighted by Gasteiger charge is -2.17. The van der Waals surface area contributed by atoms with Gasteiger partial charge in [-0.3, -0.25) is 0 Å². The van der Waals surface area contributed by atoms with Crippen LogP contribution >= 0.6 is 0 Å². The van der Waals surface area contributed by atoms with Crippen LogP contribution in [0, 0.1) is 5.41 Å². The number of ether oxygens (including phenoxy) is 1. The molecule has 1 N–H and O–H groups in total. The van der Waals surface area contributed by atoms with Crippen molar-refractivity contribution < 1.29 is 9.26 Å². The zero-order chi connectivity index (χ0) is 13.0. The van der Waals surface area contributed by atoms with Crippen LogP contribution in [0.4, 0.5) is 0 Å². The zero-order valence-electron chi connectivity index (χ0n) is 11.7. The lowest BCUT2D eigenvalue weighted by molar-refractivity contribution is 0.0805. The number of aromatic nitrogens is 1. The van der Waals surface area contributed by atoms with Crippen molar-refractivity contribution in [1.29, 1.82) is 0 Å². The molecule has 0 atom stereocenters. The third-order valence-corrected chi connectivity index (χ3v) is 3.00. The van der Waals surface area contributed by atoms with E-state index in [1.54, 1.807) is 0 Å². The smallest absolute Gasteiger partial charge is 0.162 e. The normalized spacial score (nSPS) is 16.2. The van der Waals surface area contributed by atoms with Crippen molar-refractivity contribution in [3.8, 4) is 0 Å². The Morgan fingerprint density at radius 1 is 1.44 bits per heavy atom. The highest BCUT2D eigenvalue weighted by atomic mass is 16.5. The summed E-state index contributed by atoms with van der Waals surface area (Å²) in [5.74, 6) is 0.816. The summed E-state index contributed by atoms with van der Waals surface area (Å²) < 4.78 is 10.8. The summed E-state index contributed by atoms with van der Waals surface area (Å²) in [7, 11) is 0. The standard InChI is InChI=1S/C14H24N2O2/c1-14(2,3)6-7-17-10-13-8-12(16-18-13)9-15-11-4-5-11/h8,11,15H,4-7,9-10H2,1-3H3. The first kappa shape index (κ1) is 13.6. The van der Waals surface area contributed by atoms with Crippen molar-refractivity contribution >= 4 is 0 Å². The maximum Gasteiger partial charge on any atom is 0.162 e. The van der Waals surface area contributed by atoms with Crippen LogP contribution in [-0.2, 0) is 17.9 Å². The van der Waals surface area contributed by atoms with Gasteiger partial charge in [0.1, 0.15) is 6.61 Å². The highest BCUT2D eigenvalue weighted by Crippen LogP contribution is 2.20. The monoisotopic (exact) mass is 252 g/mol. The van der Waals surface area contributed by atoms with Crippen molar-refractivity contribution in [2.24, 2.45) is 5.41 Å². The van der Waals surface area contributed by atoms with E-state index in [9.17, 15) is 0 Å². The average Bonchev–Trinajstić information content (AvgIpc) is 3.00. The second kappa shape index (κ2) is 5.85. The van der Waals surface area contributed by atoms with Gasteiger partial charge in [0.2, 0.25) is 0 Å². The fourth-order valence-corrected chi connectivity index (χ4v) is 1.59. The number of hydrogen-bond acceptors (Lipinski definition) is 4. The molecule has 1 fully saturated rings. The molecule has 0 unspecified atom stereocenters. The Bertz CT molecular complexity index is 364. The van der Waals surface area contributed by atoms with Gasteiger partial charge in [-0.25, -0.2) is 0 Å². The topological polar surface area (TPSA) is 47.3 Å². The summed E-state index contributed by atoms with van der Waals surface area (Å²) in [5, 5.41) is 7.44. The van der Waals surface area contributed by atoms with Gasteiger partial charge in [0.25, 0.3) is 0 Å². The first-order valence-corrected chi connectivity index (χ1v) is 6.78. The van der Waals surface area contributed by atoms with Crippen molar-refractivity contribution in [3.63, 3.8) is 0 Å². The molecule has 102 valence electrons. The Morgan fingerprint density at radius 3 is 2.89 bits per heavy atom. The van der Waals surface area contributed by atoms with E-state index >= 15 is 0 Å². The highest BCUT2D eigenvalue weighted by molar-refractivity contribution is 5.04. The molecule has 1 aromatic rings. The molecule has 4 nitrogen and oxygen atoms in total. The van der Waals surface area contributed by atoms with Gasteiger partial charge in [-0.2, -0.15) is 0 Å². The van der Waals surface area contributed by atoms with E-state index in [1.165, 1.54) is 12.8 Å². The van der Waals surface area contributed by atoms with Crippen LogP contribution in [0.2, 0.25) is 0 Å². The maximum atomic E-state index is 5.59. The molecule has 1 heterocycles. The zero-order valence-corrected chi connectivity index (χ0v) is 11.7. The maximum absolute atomic E-state index is 5.59. The van der Waals surface area contributed by atoms with E-state index in [-0.39, 0.29) is 0 Å². The van der Waals surface area contributed by atoms with Gasteiger partial charge in [0.15, 0.2) is 5.76 Å². The lowest BCUT2D eigenvalue weighted by Crippen LogP contribution is -2.15. The number of hydrogen-bond donors (Lipinski definition) is 1. The molecular weight excluding hydrogens is 228 g/mol. The van der Waals surface area contributed by atoms with Crippen LogP contribution in [0.1, 0.15) is 51.5 Å². The minimum atomic E-state index is 0.320. The van der Waals surface area contributed by atoms with E-state index in [0.717, 1.165) is 31.0 Å². The molecule has 0 amide bonds. The molecule has 0 saturated heterocycles. The lowest BCUT2D eigenvalue weighted by atomic mass is 9.93. The van der Waals surface area contributed by atoms with E-state index in [1.807, 2.05) is 6.07 Å². The summed E-state index contributed by atoms with van der Waals surface area (Å²) in [6, 6.07) is 2.68. The second-order valence-corrected chi connectivity index (χ2v) is 6.30. The third-order valence-electron chi connectivity index (χ3n) is 3.00. The van der Waals surface area contributed by atoms with E-state index in [0.29, 0.717) is 18.1 Å². The highest BCUT2D eigenvalue weighted by Gasteiger charge is 2.20. The van der Waals surface area contributed by atoms with Crippen molar-refractivity contribution in [3.05, 3.63) is 17.5 Å². The molecule has 0 radical (unpaired) electrons. The first-order chi connectivity index (χ1) is 8.53. The quantitative estimate of drug-likeness (QED) is 0.758. The molecule has 0 aliphatic heterocycles. The number of nitrogens with one attached hydrogen (secondary N) is 1. The second-order valence-electron chi connectivity index (χ2n) is 6.30. The molecule has 0 bridgehead atoms. The predicted molar refractivity (Wildman–Crippen MR) is 70.1 cm³/mol. The van der Waals surface area contributed by atoms with Gasteiger partial charge in [-0.1, -0.05) is 25.9 Å². The number of nitrogens with zero attached hydrogens (tertiary/aromatic N) is 1. The molecular formula is C14H24N2O2.